The summed E-state index contributed by atoms with van der Waals surface area (Å²) in [7, 11) is 0. The van der Waals surface area contributed by atoms with E-state index in [1.54, 1.807) is 0 Å². The zero-order valence-corrected chi connectivity index (χ0v) is 13.2. The molecule has 2 atom stereocenters. The van der Waals surface area contributed by atoms with Crippen molar-refractivity contribution >= 4 is 5.91 Å². The topological polar surface area (TPSA) is 55.6 Å². The van der Waals surface area contributed by atoms with Gasteiger partial charge < -0.3 is 15.4 Å². The molecule has 1 aliphatic rings. The normalized spacial score (nSPS) is 22.0. The van der Waals surface area contributed by atoms with Crippen LogP contribution in [0.25, 0.3) is 0 Å². The van der Waals surface area contributed by atoms with Crippen molar-refractivity contribution in [1.82, 2.24) is 4.90 Å². The van der Waals surface area contributed by atoms with Gasteiger partial charge in [0.15, 0.2) is 0 Å². The van der Waals surface area contributed by atoms with Gasteiger partial charge in [0.25, 0.3) is 5.91 Å². The van der Waals surface area contributed by atoms with Crippen molar-refractivity contribution in [3.8, 4) is 0 Å². The van der Waals surface area contributed by atoms with Crippen molar-refractivity contribution in [3.05, 3.63) is 35.4 Å². The third-order valence-corrected chi connectivity index (χ3v) is 4.04. The van der Waals surface area contributed by atoms with Crippen LogP contribution in [0, 0.1) is 5.92 Å². The van der Waals surface area contributed by atoms with Gasteiger partial charge in [0.1, 0.15) is 0 Å². The Morgan fingerprint density at radius 2 is 2.05 bits per heavy atom. The Bertz CT molecular complexity index is 470. The number of amides is 1. The molecule has 0 bridgehead atoms. The van der Waals surface area contributed by atoms with E-state index in [2.05, 4.69) is 6.92 Å². The third kappa shape index (κ3) is 4.05. The number of carbonyl (C=O) groups is 1. The molecule has 1 fully saturated rings. The molecule has 116 valence electrons. The predicted octanol–water partition coefficient (Wildman–Crippen LogP) is 2.42. The van der Waals surface area contributed by atoms with Crippen molar-refractivity contribution < 1.29 is 9.53 Å². The second-order valence-electron chi connectivity index (χ2n) is 6.20. The molecule has 4 heteroatoms. The van der Waals surface area contributed by atoms with Gasteiger partial charge in [0, 0.05) is 18.2 Å². The number of likely N-dealkylation sites (tertiary alicyclic amines) is 1. The monoisotopic (exact) mass is 290 g/mol. The molecule has 0 aliphatic carbocycles. The van der Waals surface area contributed by atoms with Crippen LogP contribution >= 0.6 is 0 Å². The fourth-order valence-electron chi connectivity index (χ4n) is 2.77. The van der Waals surface area contributed by atoms with Gasteiger partial charge in [-0.25, -0.2) is 0 Å². The number of hydrogen-bond donors (Lipinski definition) is 1. The van der Waals surface area contributed by atoms with Gasteiger partial charge in [0.05, 0.1) is 12.7 Å². The summed E-state index contributed by atoms with van der Waals surface area (Å²) in [5.41, 5.74) is 7.56. The highest BCUT2D eigenvalue weighted by Gasteiger charge is 2.31. The maximum absolute atomic E-state index is 12.6. The summed E-state index contributed by atoms with van der Waals surface area (Å²) in [4.78, 5) is 14.5. The van der Waals surface area contributed by atoms with Gasteiger partial charge in [-0.3, -0.25) is 4.79 Å². The second-order valence-corrected chi connectivity index (χ2v) is 6.20. The maximum atomic E-state index is 12.6. The summed E-state index contributed by atoms with van der Waals surface area (Å²) < 4.78 is 5.56. The lowest BCUT2D eigenvalue weighted by Gasteiger charge is -2.21. The first-order valence-corrected chi connectivity index (χ1v) is 7.72. The summed E-state index contributed by atoms with van der Waals surface area (Å²) in [5.74, 6) is 0.539. The molecule has 0 radical (unpaired) electrons. The molecule has 2 rings (SSSR count). The summed E-state index contributed by atoms with van der Waals surface area (Å²) in [6, 6.07) is 8.00. The van der Waals surface area contributed by atoms with Crippen LogP contribution in [0.15, 0.2) is 24.3 Å². The molecular formula is C17H26N2O2. The van der Waals surface area contributed by atoms with Crippen LogP contribution in [-0.4, -0.2) is 36.0 Å². The highest BCUT2D eigenvalue weighted by Crippen LogP contribution is 2.24. The maximum Gasteiger partial charge on any atom is 0.254 e. The SMILES string of the molecule is CC(C)OCc1ccc(C(=O)N2CC(CN)CC2C)cc1. The molecule has 21 heavy (non-hydrogen) atoms. The van der Waals surface area contributed by atoms with E-state index in [9.17, 15) is 4.79 Å². The Morgan fingerprint density at radius 1 is 1.38 bits per heavy atom. The van der Waals surface area contributed by atoms with Crippen molar-refractivity contribution in [2.45, 2.75) is 45.9 Å². The molecule has 1 aromatic carbocycles. The van der Waals surface area contributed by atoms with Gasteiger partial charge in [0.2, 0.25) is 0 Å². The molecule has 1 aromatic rings. The van der Waals surface area contributed by atoms with E-state index >= 15 is 0 Å². The van der Waals surface area contributed by atoms with Gasteiger partial charge in [-0.05, 0) is 57.4 Å². The number of nitrogens with zero attached hydrogens (tertiary/aromatic N) is 1. The quantitative estimate of drug-likeness (QED) is 0.906. The Labute approximate surface area is 127 Å². The minimum Gasteiger partial charge on any atom is -0.374 e. The fourth-order valence-corrected chi connectivity index (χ4v) is 2.77. The molecule has 0 saturated carbocycles. The van der Waals surface area contributed by atoms with Gasteiger partial charge in [-0.1, -0.05) is 12.1 Å². The Balaban J connectivity index is 2.00. The Morgan fingerprint density at radius 3 is 2.57 bits per heavy atom. The number of ether oxygens (including phenoxy) is 1. The van der Waals surface area contributed by atoms with Crippen LogP contribution in [0.2, 0.25) is 0 Å². The number of carbonyl (C=O) groups excluding carboxylic acids is 1. The van der Waals surface area contributed by atoms with Crippen LogP contribution in [0.3, 0.4) is 0 Å². The van der Waals surface area contributed by atoms with Gasteiger partial charge in [-0.15, -0.1) is 0 Å². The number of rotatable bonds is 5. The van der Waals surface area contributed by atoms with Crippen LogP contribution in [0.4, 0.5) is 0 Å². The van der Waals surface area contributed by atoms with E-state index in [0.29, 0.717) is 19.1 Å². The van der Waals surface area contributed by atoms with E-state index in [4.69, 9.17) is 10.5 Å². The molecule has 2 unspecified atom stereocenters. The minimum atomic E-state index is 0.106. The van der Waals surface area contributed by atoms with Crippen LogP contribution in [0.5, 0.6) is 0 Å². The van der Waals surface area contributed by atoms with Crippen molar-refractivity contribution in [3.63, 3.8) is 0 Å². The lowest BCUT2D eigenvalue weighted by atomic mass is 10.1. The van der Waals surface area contributed by atoms with Crippen molar-refractivity contribution in [2.75, 3.05) is 13.1 Å². The largest absolute Gasteiger partial charge is 0.374 e. The molecule has 4 nitrogen and oxygen atoms in total. The molecule has 1 amide bonds. The van der Waals surface area contributed by atoms with Gasteiger partial charge in [-0.2, -0.15) is 0 Å². The smallest absolute Gasteiger partial charge is 0.254 e. The second kappa shape index (κ2) is 7.05. The molecule has 1 saturated heterocycles. The lowest BCUT2D eigenvalue weighted by molar-refractivity contribution is 0.0655. The summed E-state index contributed by atoms with van der Waals surface area (Å²) in [6.45, 7) is 8.13. The van der Waals surface area contributed by atoms with E-state index < -0.39 is 0 Å². The zero-order valence-electron chi connectivity index (χ0n) is 13.2. The first kappa shape index (κ1) is 16.0. The average Bonchev–Trinajstić information content (AvgIpc) is 2.86. The molecule has 0 aromatic heterocycles. The fraction of sp³-hybridized carbons (Fsp3) is 0.588. The molecule has 1 aliphatic heterocycles. The number of benzene rings is 1. The third-order valence-electron chi connectivity index (χ3n) is 4.04. The minimum absolute atomic E-state index is 0.106. The Hall–Kier alpha value is -1.39. The highest BCUT2D eigenvalue weighted by molar-refractivity contribution is 5.94. The molecule has 1 heterocycles. The molecule has 0 spiro atoms. The number of nitrogens with two attached hydrogens (primary N) is 1. The molecular weight excluding hydrogens is 264 g/mol. The number of hydrogen-bond acceptors (Lipinski definition) is 3. The van der Waals surface area contributed by atoms with Crippen LogP contribution in [0.1, 0.15) is 43.1 Å². The van der Waals surface area contributed by atoms with E-state index in [1.807, 2.05) is 43.0 Å². The lowest BCUT2D eigenvalue weighted by Crippen LogP contribution is -2.34. The van der Waals surface area contributed by atoms with E-state index in [-0.39, 0.29) is 18.1 Å². The Kier molecular flexibility index (Phi) is 5.37. The first-order valence-electron chi connectivity index (χ1n) is 7.72. The zero-order chi connectivity index (χ0) is 15.4. The predicted molar refractivity (Wildman–Crippen MR) is 84.0 cm³/mol. The summed E-state index contributed by atoms with van der Waals surface area (Å²) in [6.07, 6.45) is 1.22. The van der Waals surface area contributed by atoms with Gasteiger partial charge >= 0.3 is 0 Å². The average molecular weight is 290 g/mol. The first-order chi connectivity index (χ1) is 10.0. The highest BCUT2D eigenvalue weighted by atomic mass is 16.5. The van der Waals surface area contributed by atoms with Crippen LogP contribution in [-0.2, 0) is 11.3 Å². The van der Waals surface area contributed by atoms with E-state index in [0.717, 1.165) is 24.1 Å². The summed E-state index contributed by atoms with van der Waals surface area (Å²) >= 11 is 0. The summed E-state index contributed by atoms with van der Waals surface area (Å²) in [5, 5.41) is 0. The molecule has 2 N–H and O–H groups in total. The van der Waals surface area contributed by atoms with Crippen LogP contribution < -0.4 is 5.73 Å². The van der Waals surface area contributed by atoms with Crippen molar-refractivity contribution in [2.24, 2.45) is 11.7 Å². The van der Waals surface area contributed by atoms with Crippen molar-refractivity contribution in [1.29, 1.82) is 0 Å². The standard InChI is InChI=1S/C17H26N2O2/c1-12(2)21-11-14-4-6-16(7-5-14)17(20)19-10-15(9-18)8-13(19)3/h4-7,12-13,15H,8-11,18H2,1-3H3. The van der Waals surface area contributed by atoms with E-state index in [1.165, 1.54) is 0 Å².